The second-order valence-electron chi connectivity index (χ2n) is 5.04. The number of aromatic nitrogens is 2. The van der Waals surface area contributed by atoms with Crippen LogP contribution in [0, 0.1) is 11.8 Å². The van der Waals surface area contributed by atoms with Gasteiger partial charge in [0.15, 0.2) is 0 Å². The van der Waals surface area contributed by atoms with E-state index in [2.05, 4.69) is 34.7 Å². The molecule has 2 aromatic rings. The van der Waals surface area contributed by atoms with Crippen LogP contribution in [0.2, 0.25) is 0 Å². The number of hydrogen-bond acceptors (Lipinski definition) is 1. The van der Waals surface area contributed by atoms with Crippen molar-refractivity contribution < 1.29 is 0 Å². The summed E-state index contributed by atoms with van der Waals surface area (Å²) in [7, 11) is 0. The molecule has 2 nitrogen and oxygen atoms in total. The van der Waals surface area contributed by atoms with Crippen molar-refractivity contribution in [3.8, 4) is 0 Å². The number of aryl methyl sites for hydroxylation is 1. The summed E-state index contributed by atoms with van der Waals surface area (Å²) in [5.41, 5.74) is 2.35. The molecule has 90 valence electrons. The molecule has 0 N–H and O–H groups in total. The van der Waals surface area contributed by atoms with Gasteiger partial charge in [-0.2, -0.15) is 0 Å². The van der Waals surface area contributed by atoms with Crippen molar-refractivity contribution in [1.82, 2.24) is 9.55 Å². The average molecular weight is 249 g/mol. The molecule has 0 radical (unpaired) electrons. The van der Waals surface area contributed by atoms with Gasteiger partial charge < -0.3 is 4.57 Å². The summed E-state index contributed by atoms with van der Waals surface area (Å²) in [6.45, 7) is 3.43. The van der Waals surface area contributed by atoms with Gasteiger partial charge in [-0.25, -0.2) is 4.98 Å². The maximum Gasteiger partial charge on any atom is 0.111 e. The predicted molar refractivity (Wildman–Crippen MR) is 71.4 cm³/mol. The quantitative estimate of drug-likeness (QED) is 0.758. The van der Waals surface area contributed by atoms with Crippen molar-refractivity contribution in [2.75, 3.05) is 5.88 Å². The zero-order chi connectivity index (χ0) is 11.8. The van der Waals surface area contributed by atoms with E-state index in [0.29, 0.717) is 5.88 Å². The van der Waals surface area contributed by atoms with E-state index < -0.39 is 0 Å². The Labute approximate surface area is 107 Å². The predicted octanol–water partition coefficient (Wildman–Crippen LogP) is 3.47. The fraction of sp³-hybridized carbons (Fsp3) is 0.500. The molecule has 3 rings (SSSR count). The molecule has 1 fully saturated rings. The number of rotatable bonds is 4. The van der Waals surface area contributed by atoms with Gasteiger partial charge in [-0.05, 0) is 30.4 Å². The van der Waals surface area contributed by atoms with E-state index in [1.165, 1.54) is 11.9 Å². The molecule has 2 atom stereocenters. The zero-order valence-corrected chi connectivity index (χ0v) is 10.8. The molecule has 0 bridgehead atoms. The lowest BCUT2D eigenvalue weighted by atomic mass is 10.3. The number of hydrogen-bond donors (Lipinski definition) is 0. The number of imidazole rings is 1. The third-order valence-electron chi connectivity index (χ3n) is 3.74. The Morgan fingerprint density at radius 1 is 1.41 bits per heavy atom. The van der Waals surface area contributed by atoms with Crippen LogP contribution in [0.15, 0.2) is 24.3 Å². The summed E-state index contributed by atoms with van der Waals surface area (Å²) in [6, 6.07) is 8.37. The van der Waals surface area contributed by atoms with Crippen LogP contribution in [-0.2, 0) is 13.0 Å². The minimum atomic E-state index is 0.642. The third kappa shape index (κ3) is 2.06. The van der Waals surface area contributed by atoms with Gasteiger partial charge in [0.05, 0.1) is 11.0 Å². The highest BCUT2D eigenvalue weighted by atomic mass is 35.5. The molecule has 0 spiro atoms. The Balaban J connectivity index is 2.01. The summed E-state index contributed by atoms with van der Waals surface area (Å²) in [5.74, 6) is 3.49. The molecule has 1 saturated carbocycles. The molecule has 1 aromatic carbocycles. The van der Waals surface area contributed by atoms with Crippen LogP contribution >= 0.6 is 11.6 Å². The number of fused-ring (bicyclic) bond motifs is 1. The molecule has 17 heavy (non-hydrogen) atoms. The molecule has 1 aliphatic carbocycles. The van der Waals surface area contributed by atoms with Gasteiger partial charge in [-0.15, -0.1) is 11.6 Å². The number of para-hydroxylation sites is 2. The van der Waals surface area contributed by atoms with E-state index in [1.54, 1.807) is 0 Å². The molecule has 1 aromatic heterocycles. The van der Waals surface area contributed by atoms with Crippen molar-refractivity contribution in [1.29, 1.82) is 0 Å². The van der Waals surface area contributed by atoms with Crippen molar-refractivity contribution in [3.05, 3.63) is 30.1 Å². The highest BCUT2D eigenvalue weighted by Crippen LogP contribution is 2.39. The van der Waals surface area contributed by atoms with Crippen molar-refractivity contribution in [3.63, 3.8) is 0 Å². The summed E-state index contributed by atoms with van der Waals surface area (Å²) in [6.07, 6.45) is 2.21. The highest BCUT2D eigenvalue weighted by Gasteiger charge is 2.33. The van der Waals surface area contributed by atoms with E-state index in [4.69, 9.17) is 11.6 Å². The van der Waals surface area contributed by atoms with Crippen molar-refractivity contribution >= 4 is 22.6 Å². The molecular formula is C14H17ClN2. The molecule has 2 unspecified atom stereocenters. The first-order chi connectivity index (χ1) is 8.29. The molecule has 1 aliphatic rings. The van der Waals surface area contributed by atoms with Crippen LogP contribution in [0.1, 0.15) is 19.2 Å². The fourth-order valence-electron chi connectivity index (χ4n) is 2.49. The molecule has 0 amide bonds. The summed E-state index contributed by atoms with van der Waals surface area (Å²) < 4.78 is 2.37. The molecular weight excluding hydrogens is 232 g/mol. The van der Waals surface area contributed by atoms with Gasteiger partial charge in [0.25, 0.3) is 0 Å². The van der Waals surface area contributed by atoms with Crippen molar-refractivity contribution in [2.24, 2.45) is 11.8 Å². The van der Waals surface area contributed by atoms with Crippen LogP contribution in [0.25, 0.3) is 11.0 Å². The SMILES string of the molecule is CC1CC1Cn1c(CCCl)nc2ccccc21. The van der Waals surface area contributed by atoms with E-state index >= 15 is 0 Å². The summed E-state index contributed by atoms with van der Waals surface area (Å²) >= 11 is 5.86. The normalized spacial score (nSPS) is 23.2. The first-order valence-electron chi connectivity index (χ1n) is 6.29. The van der Waals surface area contributed by atoms with E-state index in [0.717, 1.165) is 36.1 Å². The Bertz CT molecular complexity index is 532. The van der Waals surface area contributed by atoms with Gasteiger partial charge in [0, 0.05) is 18.8 Å². The first kappa shape index (κ1) is 11.1. The lowest BCUT2D eigenvalue weighted by molar-refractivity contribution is 0.585. The van der Waals surface area contributed by atoms with Crippen LogP contribution in [0.5, 0.6) is 0 Å². The monoisotopic (exact) mass is 248 g/mol. The molecule has 0 saturated heterocycles. The number of benzene rings is 1. The summed E-state index contributed by atoms with van der Waals surface area (Å²) in [5, 5.41) is 0. The second kappa shape index (κ2) is 4.34. The Morgan fingerprint density at radius 3 is 2.88 bits per heavy atom. The van der Waals surface area contributed by atoms with Crippen LogP contribution < -0.4 is 0 Å². The average Bonchev–Trinajstić information content (AvgIpc) is 2.91. The minimum absolute atomic E-state index is 0.642. The first-order valence-corrected chi connectivity index (χ1v) is 6.83. The maximum atomic E-state index is 5.86. The number of halogens is 1. The van der Waals surface area contributed by atoms with Gasteiger partial charge >= 0.3 is 0 Å². The minimum Gasteiger partial charge on any atom is -0.328 e. The third-order valence-corrected chi connectivity index (χ3v) is 3.93. The van der Waals surface area contributed by atoms with E-state index in [-0.39, 0.29) is 0 Å². The van der Waals surface area contributed by atoms with E-state index in [9.17, 15) is 0 Å². The fourth-order valence-corrected chi connectivity index (χ4v) is 2.66. The van der Waals surface area contributed by atoms with E-state index in [1.807, 2.05) is 6.07 Å². The Hall–Kier alpha value is -1.02. The maximum absolute atomic E-state index is 5.86. The van der Waals surface area contributed by atoms with Gasteiger partial charge in [0.1, 0.15) is 5.82 Å². The molecule has 0 aliphatic heterocycles. The van der Waals surface area contributed by atoms with Crippen LogP contribution in [0.4, 0.5) is 0 Å². The Morgan fingerprint density at radius 2 is 2.18 bits per heavy atom. The standard InChI is InChI=1S/C14H17ClN2/c1-10-8-11(10)9-17-13-5-3-2-4-12(13)16-14(17)6-7-15/h2-5,10-11H,6-9H2,1H3. The van der Waals surface area contributed by atoms with Crippen LogP contribution in [-0.4, -0.2) is 15.4 Å². The lowest BCUT2D eigenvalue weighted by Crippen LogP contribution is -2.06. The molecule has 1 heterocycles. The highest BCUT2D eigenvalue weighted by molar-refractivity contribution is 6.17. The Kier molecular flexibility index (Phi) is 2.83. The second-order valence-corrected chi connectivity index (χ2v) is 5.42. The van der Waals surface area contributed by atoms with Crippen LogP contribution in [0.3, 0.4) is 0 Å². The van der Waals surface area contributed by atoms with Crippen molar-refractivity contribution in [2.45, 2.75) is 26.3 Å². The van der Waals surface area contributed by atoms with Gasteiger partial charge in [0.2, 0.25) is 0 Å². The zero-order valence-electron chi connectivity index (χ0n) is 10.1. The lowest BCUT2D eigenvalue weighted by Gasteiger charge is -2.07. The number of nitrogens with zero attached hydrogens (tertiary/aromatic N) is 2. The topological polar surface area (TPSA) is 17.8 Å². The molecule has 3 heteroatoms. The smallest absolute Gasteiger partial charge is 0.111 e. The van der Waals surface area contributed by atoms with Gasteiger partial charge in [-0.1, -0.05) is 19.1 Å². The number of alkyl halides is 1. The van der Waals surface area contributed by atoms with Gasteiger partial charge in [-0.3, -0.25) is 0 Å². The largest absolute Gasteiger partial charge is 0.328 e. The summed E-state index contributed by atoms with van der Waals surface area (Å²) in [4.78, 5) is 4.69.